The summed E-state index contributed by atoms with van der Waals surface area (Å²) in [6, 6.07) is 0.364. The molecule has 1 saturated heterocycles. The zero-order valence-electron chi connectivity index (χ0n) is 8.22. The third-order valence-corrected chi connectivity index (χ3v) is 2.47. The molecule has 0 aliphatic carbocycles. The summed E-state index contributed by atoms with van der Waals surface area (Å²) in [5.74, 6) is 0. The molecule has 1 unspecified atom stereocenters. The van der Waals surface area contributed by atoms with Gasteiger partial charge in [0.15, 0.2) is 0 Å². The van der Waals surface area contributed by atoms with Crippen molar-refractivity contribution in [3.63, 3.8) is 0 Å². The van der Waals surface area contributed by atoms with Crippen molar-refractivity contribution in [2.24, 2.45) is 5.73 Å². The highest BCUT2D eigenvalue weighted by molar-refractivity contribution is 4.94. The highest BCUT2D eigenvalue weighted by Crippen LogP contribution is 2.17. The minimum absolute atomic E-state index is 0.364. The van der Waals surface area contributed by atoms with E-state index < -0.39 is 0 Å². The van der Waals surface area contributed by atoms with E-state index in [4.69, 9.17) is 10.5 Å². The summed E-state index contributed by atoms with van der Waals surface area (Å²) < 4.78 is 7.30. The smallest absolute Gasteiger partial charge is 0.0839 e. The van der Waals surface area contributed by atoms with Crippen LogP contribution in [0.2, 0.25) is 0 Å². The second-order valence-electron chi connectivity index (χ2n) is 3.60. The average Bonchev–Trinajstić information content (AvgIpc) is 2.68. The molecule has 78 valence electrons. The Kier molecular flexibility index (Phi) is 3.10. The van der Waals surface area contributed by atoms with Gasteiger partial charge in [0.2, 0.25) is 0 Å². The van der Waals surface area contributed by atoms with Crippen molar-refractivity contribution >= 4 is 0 Å². The van der Waals surface area contributed by atoms with E-state index in [1.165, 1.54) is 0 Å². The average molecular weight is 196 g/mol. The first kappa shape index (κ1) is 9.61. The predicted molar refractivity (Wildman–Crippen MR) is 51.9 cm³/mol. The standard InChI is InChI=1S/C9H16N4O/c10-4-3-8-6-13(12-11-8)9-2-1-5-14-7-9/h6,9H,1-5,7,10H2. The van der Waals surface area contributed by atoms with Gasteiger partial charge in [-0.05, 0) is 19.4 Å². The van der Waals surface area contributed by atoms with Crippen LogP contribution >= 0.6 is 0 Å². The second-order valence-corrected chi connectivity index (χ2v) is 3.60. The van der Waals surface area contributed by atoms with Crippen molar-refractivity contribution in [3.8, 4) is 0 Å². The van der Waals surface area contributed by atoms with Gasteiger partial charge in [0.25, 0.3) is 0 Å². The fourth-order valence-electron chi connectivity index (χ4n) is 1.69. The van der Waals surface area contributed by atoms with Gasteiger partial charge in [0.1, 0.15) is 0 Å². The Balaban J connectivity index is 2.00. The van der Waals surface area contributed by atoms with Crippen LogP contribution in [0.3, 0.4) is 0 Å². The lowest BCUT2D eigenvalue weighted by atomic mass is 10.1. The molecule has 0 spiro atoms. The Hall–Kier alpha value is -0.940. The van der Waals surface area contributed by atoms with Crippen LogP contribution < -0.4 is 5.73 Å². The van der Waals surface area contributed by atoms with Gasteiger partial charge < -0.3 is 10.5 Å². The quantitative estimate of drug-likeness (QED) is 0.746. The van der Waals surface area contributed by atoms with Crippen molar-refractivity contribution in [1.29, 1.82) is 0 Å². The third-order valence-electron chi connectivity index (χ3n) is 2.47. The molecule has 0 aromatic carbocycles. The topological polar surface area (TPSA) is 66.0 Å². The van der Waals surface area contributed by atoms with E-state index in [9.17, 15) is 0 Å². The molecule has 5 heteroatoms. The van der Waals surface area contributed by atoms with Crippen LogP contribution in [0.1, 0.15) is 24.6 Å². The summed E-state index contributed by atoms with van der Waals surface area (Å²) in [7, 11) is 0. The Morgan fingerprint density at radius 2 is 2.57 bits per heavy atom. The van der Waals surface area contributed by atoms with Crippen LogP contribution in [0.5, 0.6) is 0 Å². The van der Waals surface area contributed by atoms with Crippen LogP contribution in [0.25, 0.3) is 0 Å². The lowest BCUT2D eigenvalue weighted by Gasteiger charge is -2.21. The SMILES string of the molecule is NCCc1cn(C2CCCOC2)nn1. The molecule has 5 nitrogen and oxygen atoms in total. The van der Waals surface area contributed by atoms with E-state index in [-0.39, 0.29) is 0 Å². The fourth-order valence-corrected chi connectivity index (χ4v) is 1.69. The molecule has 1 aliphatic rings. The third kappa shape index (κ3) is 2.10. The van der Waals surface area contributed by atoms with Crippen molar-refractivity contribution in [2.75, 3.05) is 19.8 Å². The number of ether oxygens (including phenoxy) is 1. The maximum Gasteiger partial charge on any atom is 0.0839 e. The summed E-state index contributed by atoms with van der Waals surface area (Å²) in [6.07, 6.45) is 5.02. The van der Waals surface area contributed by atoms with Crippen molar-refractivity contribution in [3.05, 3.63) is 11.9 Å². The normalized spacial score (nSPS) is 22.5. The number of rotatable bonds is 3. The summed E-state index contributed by atoms with van der Waals surface area (Å²) in [6.45, 7) is 2.26. The molecule has 1 aliphatic heterocycles. The monoisotopic (exact) mass is 196 g/mol. The number of nitrogens with two attached hydrogens (primary N) is 1. The number of hydrogen-bond acceptors (Lipinski definition) is 4. The molecule has 1 aromatic rings. The van der Waals surface area contributed by atoms with E-state index in [2.05, 4.69) is 10.3 Å². The first-order chi connectivity index (χ1) is 6.90. The fraction of sp³-hybridized carbons (Fsp3) is 0.778. The van der Waals surface area contributed by atoms with Crippen LogP contribution in [0.4, 0.5) is 0 Å². The Morgan fingerprint density at radius 3 is 3.29 bits per heavy atom. The van der Waals surface area contributed by atoms with Gasteiger partial charge in [-0.15, -0.1) is 5.10 Å². The molecule has 0 bridgehead atoms. The van der Waals surface area contributed by atoms with E-state index in [1.807, 2.05) is 10.9 Å². The molecule has 0 radical (unpaired) electrons. The van der Waals surface area contributed by atoms with Gasteiger partial charge >= 0.3 is 0 Å². The first-order valence-corrected chi connectivity index (χ1v) is 5.08. The minimum atomic E-state index is 0.364. The maximum atomic E-state index is 5.45. The van der Waals surface area contributed by atoms with Gasteiger partial charge in [-0.2, -0.15) is 0 Å². The minimum Gasteiger partial charge on any atom is -0.379 e. The van der Waals surface area contributed by atoms with Gasteiger partial charge in [0.05, 0.1) is 18.3 Å². The van der Waals surface area contributed by atoms with E-state index in [0.29, 0.717) is 12.6 Å². The number of aromatic nitrogens is 3. The van der Waals surface area contributed by atoms with Gasteiger partial charge in [-0.3, -0.25) is 0 Å². The van der Waals surface area contributed by atoms with Gasteiger partial charge in [-0.25, -0.2) is 4.68 Å². The zero-order chi connectivity index (χ0) is 9.80. The van der Waals surface area contributed by atoms with Gasteiger partial charge in [-0.1, -0.05) is 5.21 Å². The van der Waals surface area contributed by atoms with Crippen LogP contribution in [-0.2, 0) is 11.2 Å². The Labute approximate surface area is 83.2 Å². The molecule has 1 atom stereocenters. The molecule has 2 N–H and O–H groups in total. The van der Waals surface area contributed by atoms with Crippen molar-refractivity contribution < 1.29 is 4.74 Å². The summed E-state index contributed by atoms with van der Waals surface area (Å²) in [5.41, 5.74) is 6.42. The zero-order valence-corrected chi connectivity index (χ0v) is 8.22. The molecule has 1 aromatic heterocycles. The lowest BCUT2D eigenvalue weighted by molar-refractivity contribution is 0.0543. The van der Waals surface area contributed by atoms with E-state index in [1.54, 1.807) is 0 Å². The molecule has 1 fully saturated rings. The Morgan fingerprint density at radius 1 is 1.64 bits per heavy atom. The lowest BCUT2D eigenvalue weighted by Crippen LogP contribution is -2.21. The second kappa shape index (κ2) is 4.52. The number of hydrogen-bond donors (Lipinski definition) is 1. The van der Waals surface area contributed by atoms with E-state index in [0.717, 1.165) is 38.2 Å². The van der Waals surface area contributed by atoms with Crippen LogP contribution in [-0.4, -0.2) is 34.8 Å². The highest BCUT2D eigenvalue weighted by atomic mass is 16.5. The Bertz CT molecular complexity index is 280. The summed E-state index contributed by atoms with van der Waals surface area (Å²) in [4.78, 5) is 0. The highest BCUT2D eigenvalue weighted by Gasteiger charge is 2.16. The van der Waals surface area contributed by atoms with Crippen LogP contribution in [0, 0.1) is 0 Å². The maximum absolute atomic E-state index is 5.45. The largest absolute Gasteiger partial charge is 0.379 e. The molecular weight excluding hydrogens is 180 g/mol. The summed E-state index contributed by atoms with van der Waals surface area (Å²) >= 11 is 0. The first-order valence-electron chi connectivity index (χ1n) is 5.08. The van der Waals surface area contributed by atoms with Gasteiger partial charge in [0, 0.05) is 19.2 Å². The predicted octanol–water partition coefficient (Wildman–Crippen LogP) is 0.131. The molecule has 0 saturated carbocycles. The van der Waals surface area contributed by atoms with Crippen LogP contribution in [0.15, 0.2) is 6.20 Å². The number of nitrogens with zero attached hydrogens (tertiary/aromatic N) is 3. The molecular formula is C9H16N4O. The molecule has 14 heavy (non-hydrogen) atoms. The molecule has 2 rings (SSSR count). The molecule has 0 amide bonds. The van der Waals surface area contributed by atoms with Crippen molar-refractivity contribution in [2.45, 2.75) is 25.3 Å². The van der Waals surface area contributed by atoms with E-state index >= 15 is 0 Å². The summed E-state index contributed by atoms with van der Waals surface area (Å²) in [5, 5.41) is 8.15. The van der Waals surface area contributed by atoms with Crippen molar-refractivity contribution in [1.82, 2.24) is 15.0 Å². The molecule has 2 heterocycles.